The molecule has 158 valence electrons. The minimum absolute atomic E-state index is 0.0387. The maximum absolute atomic E-state index is 12.2. The van der Waals surface area contributed by atoms with E-state index in [1.807, 2.05) is 30.3 Å². The van der Waals surface area contributed by atoms with Crippen LogP contribution in [0.3, 0.4) is 0 Å². The summed E-state index contributed by atoms with van der Waals surface area (Å²) in [4.78, 5) is 35.0. The van der Waals surface area contributed by atoms with Crippen LogP contribution in [0.5, 0.6) is 5.75 Å². The summed E-state index contributed by atoms with van der Waals surface area (Å²) in [7, 11) is 0. The van der Waals surface area contributed by atoms with Crippen molar-refractivity contribution in [1.29, 1.82) is 0 Å². The van der Waals surface area contributed by atoms with Crippen molar-refractivity contribution in [3.05, 3.63) is 64.7 Å². The quantitative estimate of drug-likeness (QED) is 0.371. The minimum Gasteiger partial charge on any atom is -0.482 e. The van der Waals surface area contributed by atoms with E-state index in [1.54, 1.807) is 12.1 Å². The molecule has 0 aliphatic heterocycles. The van der Waals surface area contributed by atoms with Gasteiger partial charge in [0.05, 0.1) is 0 Å². The lowest BCUT2D eigenvalue weighted by Crippen LogP contribution is -2.21. The number of fused-ring (bicyclic) bond motifs is 1. The number of rotatable bonds is 10. The highest BCUT2D eigenvalue weighted by atomic mass is 16.6. The number of nitrogens with one attached hydrogen (secondary N) is 1. The number of Topliss-reactive ketones (excluding diaryl/α,β-unsaturated/α-hetero) is 1. The molecule has 0 heterocycles. The van der Waals surface area contributed by atoms with Gasteiger partial charge in [-0.05, 0) is 60.9 Å². The highest BCUT2D eigenvalue weighted by Gasteiger charge is 2.13. The van der Waals surface area contributed by atoms with Crippen molar-refractivity contribution in [2.75, 3.05) is 19.8 Å². The van der Waals surface area contributed by atoms with Crippen molar-refractivity contribution >= 4 is 17.7 Å². The van der Waals surface area contributed by atoms with E-state index in [2.05, 4.69) is 5.32 Å². The van der Waals surface area contributed by atoms with E-state index in [4.69, 9.17) is 9.47 Å². The lowest BCUT2D eigenvalue weighted by molar-refractivity contribution is -0.144. The highest BCUT2D eigenvalue weighted by molar-refractivity contribution is 5.98. The smallest absolute Gasteiger partial charge is 0.344 e. The van der Waals surface area contributed by atoms with Crippen LogP contribution in [0, 0.1) is 0 Å². The molecule has 0 fully saturated rings. The fourth-order valence-electron chi connectivity index (χ4n) is 3.47. The van der Waals surface area contributed by atoms with E-state index >= 15 is 0 Å². The number of aryl methyl sites for hydroxylation is 3. The molecule has 0 aromatic heterocycles. The van der Waals surface area contributed by atoms with Crippen LogP contribution in [0.4, 0.5) is 0 Å². The molecule has 0 unspecified atom stereocenters. The number of amides is 1. The predicted molar refractivity (Wildman–Crippen MR) is 113 cm³/mol. The molecule has 1 N–H and O–H groups in total. The largest absolute Gasteiger partial charge is 0.482 e. The van der Waals surface area contributed by atoms with Crippen LogP contribution in [0.1, 0.15) is 46.8 Å². The Morgan fingerprint density at radius 3 is 2.50 bits per heavy atom. The Morgan fingerprint density at radius 2 is 1.73 bits per heavy atom. The van der Waals surface area contributed by atoms with Crippen LogP contribution in [0.2, 0.25) is 0 Å². The van der Waals surface area contributed by atoms with Gasteiger partial charge in [-0.2, -0.15) is 0 Å². The summed E-state index contributed by atoms with van der Waals surface area (Å²) in [6.45, 7) is 1.58. The summed E-state index contributed by atoms with van der Waals surface area (Å²) >= 11 is 0. The standard InChI is InChI=1S/C24H27NO5/c1-17(26)25-13-3-4-18-7-9-20(10-8-18)23(27)15-30-24(28)16-29-22-12-11-19-5-2-6-21(19)14-22/h7-12,14H,2-6,13,15-16H2,1H3,(H,25,26). The monoisotopic (exact) mass is 409 g/mol. The van der Waals surface area contributed by atoms with Gasteiger partial charge in [0.25, 0.3) is 0 Å². The van der Waals surface area contributed by atoms with Crippen molar-refractivity contribution in [3.63, 3.8) is 0 Å². The number of carbonyl (C=O) groups excluding carboxylic acids is 3. The Balaban J connectivity index is 1.38. The lowest BCUT2D eigenvalue weighted by atomic mass is 10.1. The van der Waals surface area contributed by atoms with Crippen LogP contribution in [0.15, 0.2) is 42.5 Å². The van der Waals surface area contributed by atoms with Gasteiger partial charge < -0.3 is 14.8 Å². The van der Waals surface area contributed by atoms with Crippen molar-refractivity contribution in [2.45, 2.75) is 39.0 Å². The zero-order valence-corrected chi connectivity index (χ0v) is 17.2. The van der Waals surface area contributed by atoms with Crippen molar-refractivity contribution < 1.29 is 23.9 Å². The summed E-state index contributed by atoms with van der Waals surface area (Å²) < 4.78 is 10.5. The third-order valence-electron chi connectivity index (χ3n) is 5.08. The molecule has 6 nitrogen and oxygen atoms in total. The molecule has 0 radical (unpaired) electrons. The molecule has 0 bridgehead atoms. The molecule has 0 saturated heterocycles. The van der Waals surface area contributed by atoms with Crippen LogP contribution in [0.25, 0.3) is 0 Å². The Morgan fingerprint density at radius 1 is 0.967 bits per heavy atom. The average Bonchev–Trinajstić information content (AvgIpc) is 3.22. The zero-order chi connectivity index (χ0) is 21.3. The van der Waals surface area contributed by atoms with E-state index in [0.717, 1.165) is 37.7 Å². The third kappa shape index (κ3) is 6.44. The number of ketones is 1. The SMILES string of the molecule is CC(=O)NCCCc1ccc(C(=O)COC(=O)COc2ccc3c(c2)CCC3)cc1. The molecule has 1 aliphatic rings. The van der Waals surface area contributed by atoms with E-state index in [-0.39, 0.29) is 24.9 Å². The van der Waals surface area contributed by atoms with Gasteiger partial charge in [0.1, 0.15) is 5.75 Å². The highest BCUT2D eigenvalue weighted by Crippen LogP contribution is 2.25. The fraction of sp³-hybridized carbons (Fsp3) is 0.375. The number of hydrogen-bond acceptors (Lipinski definition) is 5. The van der Waals surface area contributed by atoms with E-state index in [1.165, 1.54) is 18.1 Å². The van der Waals surface area contributed by atoms with E-state index in [9.17, 15) is 14.4 Å². The first-order valence-corrected chi connectivity index (χ1v) is 10.3. The molecule has 0 saturated carbocycles. The summed E-state index contributed by atoms with van der Waals surface area (Å²) in [5, 5.41) is 2.75. The summed E-state index contributed by atoms with van der Waals surface area (Å²) in [6.07, 6.45) is 4.93. The fourth-order valence-corrected chi connectivity index (χ4v) is 3.47. The van der Waals surface area contributed by atoms with Gasteiger partial charge in [0.2, 0.25) is 5.91 Å². The van der Waals surface area contributed by atoms with E-state index in [0.29, 0.717) is 17.9 Å². The van der Waals surface area contributed by atoms with Gasteiger partial charge >= 0.3 is 5.97 Å². The zero-order valence-electron chi connectivity index (χ0n) is 17.2. The second-order valence-electron chi connectivity index (χ2n) is 7.44. The summed E-state index contributed by atoms with van der Waals surface area (Å²) in [5.74, 6) is -0.222. The minimum atomic E-state index is -0.571. The van der Waals surface area contributed by atoms with Crippen LogP contribution in [-0.4, -0.2) is 37.4 Å². The Bertz CT molecular complexity index is 904. The molecule has 6 heteroatoms. The maximum atomic E-state index is 12.2. The maximum Gasteiger partial charge on any atom is 0.344 e. The molecule has 30 heavy (non-hydrogen) atoms. The summed E-state index contributed by atoms with van der Waals surface area (Å²) in [5.41, 5.74) is 4.19. The molecule has 0 spiro atoms. The van der Waals surface area contributed by atoms with Gasteiger partial charge in [-0.15, -0.1) is 0 Å². The van der Waals surface area contributed by atoms with Gasteiger partial charge in [0.15, 0.2) is 19.0 Å². The second kappa shape index (κ2) is 10.6. The predicted octanol–water partition coefficient (Wildman–Crippen LogP) is 3.05. The molecule has 1 aliphatic carbocycles. The first-order valence-electron chi connectivity index (χ1n) is 10.3. The van der Waals surface area contributed by atoms with Crippen LogP contribution >= 0.6 is 0 Å². The number of esters is 1. The molecule has 3 rings (SSSR count). The van der Waals surface area contributed by atoms with Crippen LogP contribution < -0.4 is 10.1 Å². The Labute approximate surface area is 176 Å². The average molecular weight is 409 g/mol. The van der Waals surface area contributed by atoms with Crippen molar-refractivity contribution in [1.82, 2.24) is 5.32 Å². The molecule has 1 amide bonds. The van der Waals surface area contributed by atoms with Gasteiger partial charge in [-0.3, -0.25) is 9.59 Å². The second-order valence-corrected chi connectivity index (χ2v) is 7.44. The molecule has 2 aromatic rings. The topological polar surface area (TPSA) is 81.7 Å². The number of ether oxygens (including phenoxy) is 2. The van der Waals surface area contributed by atoms with Crippen molar-refractivity contribution in [2.24, 2.45) is 0 Å². The van der Waals surface area contributed by atoms with Crippen molar-refractivity contribution in [3.8, 4) is 5.75 Å². The van der Waals surface area contributed by atoms with Gasteiger partial charge in [-0.1, -0.05) is 30.3 Å². The molecule has 0 atom stereocenters. The number of carbonyl (C=O) groups is 3. The molecule has 2 aromatic carbocycles. The number of hydrogen-bond donors (Lipinski definition) is 1. The third-order valence-corrected chi connectivity index (χ3v) is 5.08. The Kier molecular flexibility index (Phi) is 7.60. The van der Waals surface area contributed by atoms with Crippen LogP contribution in [-0.2, 0) is 33.6 Å². The first-order chi connectivity index (χ1) is 14.5. The summed E-state index contributed by atoms with van der Waals surface area (Å²) in [6, 6.07) is 13.1. The van der Waals surface area contributed by atoms with E-state index < -0.39 is 5.97 Å². The molecular weight excluding hydrogens is 382 g/mol. The first kappa shape index (κ1) is 21.6. The molecular formula is C24H27NO5. The van der Waals surface area contributed by atoms with Gasteiger partial charge in [-0.25, -0.2) is 4.79 Å². The number of benzene rings is 2. The normalized spacial score (nSPS) is 12.2. The van der Waals surface area contributed by atoms with Gasteiger partial charge in [0, 0.05) is 19.0 Å². The lowest BCUT2D eigenvalue weighted by Gasteiger charge is -2.09. The Hall–Kier alpha value is -3.15.